The Balaban J connectivity index is 1.89. The van der Waals surface area contributed by atoms with Gasteiger partial charge in [-0.05, 0) is 56.7 Å². The Hall–Kier alpha value is -4.50. The molecule has 0 heterocycles. The van der Waals surface area contributed by atoms with Crippen LogP contribution in [0, 0.1) is 10.1 Å². The topological polar surface area (TPSA) is 117 Å². The lowest BCUT2D eigenvalue weighted by molar-refractivity contribution is -0.384. The number of anilines is 1. The third kappa shape index (κ3) is 7.27. The number of nitrogens with one attached hydrogen (secondary N) is 2. The second-order valence-electron chi connectivity index (χ2n) is 8.20. The number of rotatable bonds is 10. The van der Waals surface area contributed by atoms with Gasteiger partial charge in [0.25, 0.3) is 17.5 Å². The van der Waals surface area contributed by atoms with Crippen molar-refractivity contribution < 1.29 is 14.5 Å². The fourth-order valence-corrected chi connectivity index (χ4v) is 3.86. The molecule has 0 unspecified atom stereocenters. The van der Waals surface area contributed by atoms with Crippen LogP contribution in [0.2, 0.25) is 5.02 Å². The Morgan fingerprint density at radius 1 is 1.03 bits per heavy atom. The molecule has 0 saturated heterocycles. The van der Waals surface area contributed by atoms with Gasteiger partial charge in [-0.1, -0.05) is 48.0 Å². The number of halogens is 1. The van der Waals surface area contributed by atoms with E-state index >= 15 is 0 Å². The van der Waals surface area contributed by atoms with Crippen LogP contribution in [0.5, 0.6) is 0 Å². The van der Waals surface area contributed by atoms with Gasteiger partial charge in [-0.3, -0.25) is 19.7 Å². The van der Waals surface area contributed by atoms with E-state index in [-0.39, 0.29) is 22.0 Å². The van der Waals surface area contributed by atoms with Gasteiger partial charge < -0.3 is 10.2 Å². The lowest BCUT2D eigenvalue weighted by atomic mass is 10.1. The maximum Gasteiger partial charge on any atom is 0.287 e. The molecule has 196 valence electrons. The maximum atomic E-state index is 13.1. The number of nitro groups is 1. The van der Waals surface area contributed by atoms with E-state index in [1.54, 1.807) is 37.3 Å². The molecule has 0 aromatic heterocycles. The molecule has 9 nitrogen and oxygen atoms in total. The van der Waals surface area contributed by atoms with Gasteiger partial charge in [-0.2, -0.15) is 5.10 Å². The molecular weight excluding hydrogens is 506 g/mol. The zero-order valence-electron chi connectivity index (χ0n) is 21.3. The van der Waals surface area contributed by atoms with Gasteiger partial charge in [0.05, 0.1) is 21.2 Å². The van der Waals surface area contributed by atoms with E-state index in [1.807, 2.05) is 24.3 Å². The molecule has 0 saturated carbocycles. The van der Waals surface area contributed by atoms with Crippen LogP contribution >= 0.6 is 11.6 Å². The normalized spacial score (nSPS) is 11.6. The van der Waals surface area contributed by atoms with Gasteiger partial charge in [0.1, 0.15) is 5.70 Å². The molecule has 0 aliphatic carbocycles. The number of carbonyl (C=O) groups excluding carboxylic acids is 2. The number of benzene rings is 3. The summed E-state index contributed by atoms with van der Waals surface area (Å²) in [5, 5.41) is 18.0. The Labute approximate surface area is 226 Å². The summed E-state index contributed by atoms with van der Waals surface area (Å²) in [5.41, 5.74) is 5.03. The van der Waals surface area contributed by atoms with Crippen molar-refractivity contribution in [3.63, 3.8) is 0 Å². The summed E-state index contributed by atoms with van der Waals surface area (Å²) in [5.74, 6) is -1.24. The lowest BCUT2D eigenvalue weighted by Crippen LogP contribution is -2.33. The molecule has 2 amide bonds. The molecule has 2 N–H and O–H groups in total. The molecule has 3 rings (SSSR count). The van der Waals surface area contributed by atoms with Gasteiger partial charge in [0.15, 0.2) is 0 Å². The van der Waals surface area contributed by atoms with Crippen LogP contribution in [-0.4, -0.2) is 35.5 Å². The molecule has 10 heteroatoms. The van der Waals surface area contributed by atoms with Crippen LogP contribution in [0.3, 0.4) is 0 Å². The van der Waals surface area contributed by atoms with Crippen molar-refractivity contribution in [2.45, 2.75) is 20.8 Å². The van der Waals surface area contributed by atoms with Crippen molar-refractivity contribution in [1.82, 2.24) is 10.7 Å². The van der Waals surface area contributed by atoms with Crippen molar-refractivity contribution in [2.24, 2.45) is 5.10 Å². The molecular formula is C28H28ClN5O4. The fourth-order valence-electron chi connectivity index (χ4n) is 3.63. The zero-order valence-corrected chi connectivity index (χ0v) is 22.0. The van der Waals surface area contributed by atoms with Crippen LogP contribution in [0.25, 0.3) is 6.08 Å². The van der Waals surface area contributed by atoms with Crippen LogP contribution in [0.4, 0.5) is 11.4 Å². The first-order valence-corrected chi connectivity index (χ1v) is 12.3. The number of hydrazone groups is 1. The van der Waals surface area contributed by atoms with E-state index in [0.717, 1.165) is 18.8 Å². The average molecular weight is 534 g/mol. The molecule has 0 fully saturated rings. The highest BCUT2D eigenvalue weighted by Gasteiger charge is 2.17. The molecule has 0 atom stereocenters. The maximum absolute atomic E-state index is 13.1. The number of carbonyl (C=O) groups is 2. The van der Waals surface area contributed by atoms with Crippen LogP contribution < -0.4 is 15.6 Å². The largest absolute Gasteiger partial charge is 0.372 e. The minimum absolute atomic E-state index is 0.0545. The SMILES string of the molecule is CCN(CC)c1ccc(C=C(NC(=O)c2ccccc2Cl)C(=O)NN=C(C)c2cccc([N+](=O)[O-])c2)cc1. The van der Waals surface area contributed by atoms with Crippen LogP contribution in [-0.2, 0) is 4.79 Å². The second kappa shape index (κ2) is 13.2. The van der Waals surface area contributed by atoms with Gasteiger partial charge >= 0.3 is 0 Å². The monoisotopic (exact) mass is 533 g/mol. The Bertz CT molecular complexity index is 1380. The minimum atomic E-state index is -0.678. The second-order valence-corrected chi connectivity index (χ2v) is 8.61. The van der Waals surface area contributed by atoms with E-state index in [0.29, 0.717) is 16.8 Å². The number of hydrogen-bond acceptors (Lipinski definition) is 6. The molecule has 0 bridgehead atoms. The molecule has 3 aromatic rings. The van der Waals surface area contributed by atoms with E-state index < -0.39 is 16.7 Å². The third-order valence-corrected chi connectivity index (χ3v) is 6.07. The van der Waals surface area contributed by atoms with Crippen LogP contribution in [0.1, 0.15) is 42.3 Å². The molecule has 0 aliphatic heterocycles. The highest BCUT2D eigenvalue weighted by molar-refractivity contribution is 6.34. The summed E-state index contributed by atoms with van der Waals surface area (Å²) in [6, 6.07) is 20.0. The van der Waals surface area contributed by atoms with Crippen LogP contribution in [0.15, 0.2) is 83.6 Å². The van der Waals surface area contributed by atoms with E-state index in [1.165, 1.54) is 24.3 Å². The highest BCUT2D eigenvalue weighted by Crippen LogP contribution is 2.18. The Morgan fingerprint density at radius 3 is 2.34 bits per heavy atom. The lowest BCUT2D eigenvalue weighted by Gasteiger charge is -2.21. The van der Waals surface area contributed by atoms with E-state index in [9.17, 15) is 19.7 Å². The van der Waals surface area contributed by atoms with Crippen molar-refractivity contribution in [3.05, 3.63) is 110 Å². The summed E-state index contributed by atoms with van der Waals surface area (Å²) in [6.45, 7) is 7.46. The van der Waals surface area contributed by atoms with Crippen molar-refractivity contribution in [2.75, 3.05) is 18.0 Å². The number of amides is 2. The zero-order chi connectivity index (χ0) is 27.7. The first-order chi connectivity index (χ1) is 18.2. The Morgan fingerprint density at radius 2 is 1.71 bits per heavy atom. The summed E-state index contributed by atoms with van der Waals surface area (Å²) in [7, 11) is 0. The van der Waals surface area contributed by atoms with Gasteiger partial charge in [0.2, 0.25) is 0 Å². The quantitative estimate of drug-likeness (QED) is 0.156. The number of hydrogen-bond donors (Lipinski definition) is 2. The third-order valence-electron chi connectivity index (χ3n) is 5.74. The molecule has 0 aliphatic rings. The smallest absolute Gasteiger partial charge is 0.287 e. The number of nitrogens with zero attached hydrogens (tertiary/aromatic N) is 3. The Kier molecular flexibility index (Phi) is 9.72. The fraction of sp³-hybridized carbons (Fsp3) is 0.179. The van der Waals surface area contributed by atoms with Crippen molar-refractivity contribution in [3.8, 4) is 0 Å². The van der Waals surface area contributed by atoms with E-state index in [2.05, 4.69) is 34.6 Å². The first kappa shape index (κ1) is 28.1. The summed E-state index contributed by atoms with van der Waals surface area (Å²) in [4.78, 5) is 38.8. The average Bonchev–Trinajstić information content (AvgIpc) is 2.92. The van der Waals surface area contributed by atoms with Gasteiger partial charge in [0, 0.05) is 36.5 Å². The predicted molar refractivity (Wildman–Crippen MR) is 150 cm³/mol. The number of nitro benzene ring substituents is 1. The molecule has 0 radical (unpaired) electrons. The van der Waals surface area contributed by atoms with Crippen molar-refractivity contribution >= 4 is 46.6 Å². The van der Waals surface area contributed by atoms with Gasteiger partial charge in [-0.15, -0.1) is 0 Å². The summed E-state index contributed by atoms with van der Waals surface area (Å²) < 4.78 is 0. The molecule has 0 spiro atoms. The highest BCUT2D eigenvalue weighted by atomic mass is 35.5. The number of non-ortho nitro benzene ring substituents is 1. The molecule has 3 aromatic carbocycles. The van der Waals surface area contributed by atoms with E-state index in [4.69, 9.17) is 11.6 Å². The standard InChI is InChI=1S/C28H28ClN5O4/c1-4-33(5-2)22-15-13-20(14-16-22)17-26(30-27(35)24-11-6-7-12-25(24)29)28(36)32-31-19(3)21-9-8-10-23(18-21)34(37)38/h6-18H,4-5H2,1-3H3,(H,30,35)(H,32,36). The first-order valence-electron chi connectivity index (χ1n) is 12.0. The molecule has 38 heavy (non-hydrogen) atoms. The van der Waals surface area contributed by atoms with Gasteiger partial charge in [-0.25, -0.2) is 5.43 Å². The summed E-state index contributed by atoms with van der Waals surface area (Å²) >= 11 is 6.17. The van der Waals surface area contributed by atoms with Crippen molar-refractivity contribution in [1.29, 1.82) is 0 Å². The minimum Gasteiger partial charge on any atom is -0.372 e. The predicted octanol–water partition coefficient (Wildman–Crippen LogP) is 5.41. The summed E-state index contributed by atoms with van der Waals surface area (Å²) in [6.07, 6.45) is 1.54.